The zero-order valence-corrected chi connectivity index (χ0v) is 19.7. The fraction of sp³-hybridized carbons (Fsp3) is 0.130. The molecule has 0 fully saturated rings. The fourth-order valence-electron chi connectivity index (χ4n) is 2.90. The van der Waals surface area contributed by atoms with Gasteiger partial charge in [-0.15, -0.1) is 10.2 Å². The normalized spacial score (nSPS) is 11.2. The molecule has 32 heavy (non-hydrogen) atoms. The van der Waals surface area contributed by atoms with Crippen molar-refractivity contribution in [2.75, 3.05) is 12.9 Å². The molecule has 0 spiro atoms. The standard InChI is InChI=1S/C23H20N4O2S3/c1-29-19-11-9-16(10-12-19)13-24-25-21(28)15-31-23-27-26-22(32-23)30-14-18-7-4-6-17-5-2-3-8-20(17)18/h2-13H,14-15H2,1H3,(H,25,28)/b24-13-. The van der Waals surface area contributed by atoms with Crippen LogP contribution >= 0.6 is 34.9 Å². The van der Waals surface area contributed by atoms with Gasteiger partial charge < -0.3 is 4.74 Å². The van der Waals surface area contributed by atoms with Crippen molar-refractivity contribution in [1.29, 1.82) is 0 Å². The van der Waals surface area contributed by atoms with E-state index in [1.165, 1.54) is 39.4 Å². The number of carbonyl (C=O) groups is 1. The van der Waals surface area contributed by atoms with E-state index in [-0.39, 0.29) is 11.7 Å². The molecule has 4 rings (SSSR count). The zero-order valence-electron chi connectivity index (χ0n) is 17.2. The minimum Gasteiger partial charge on any atom is -0.497 e. The first kappa shape index (κ1) is 22.3. The molecule has 1 N–H and O–H groups in total. The van der Waals surface area contributed by atoms with Crippen molar-refractivity contribution in [2.45, 2.75) is 14.4 Å². The summed E-state index contributed by atoms with van der Waals surface area (Å²) in [7, 11) is 1.62. The maximum absolute atomic E-state index is 12.0. The fourth-order valence-corrected chi connectivity index (χ4v) is 5.72. The van der Waals surface area contributed by atoms with Gasteiger partial charge in [0, 0.05) is 5.75 Å². The molecule has 9 heteroatoms. The lowest BCUT2D eigenvalue weighted by molar-refractivity contribution is -0.118. The molecule has 6 nitrogen and oxygen atoms in total. The van der Waals surface area contributed by atoms with E-state index >= 15 is 0 Å². The Bertz CT molecular complexity index is 1220. The molecule has 1 aromatic heterocycles. The molecule has 1 amide bonds. The van der Waals surface area contributed by atoms with Gasteiger partial charge in [0.2, 0.25) is 0 Å². The summed E-state index contributed by atoms with van der Waals surface area (Å²) in [5, 5.41) is 14.9. The minimum atomic E-state index is -0.195. The Morgan fingerprint density at radius 3 is 2.59 bits per heavy atom. The molecular weight excluding hydrogens is 460 g/mol. The second kappa shape index (κ2) is 11.1. The van der Waals surface area contributed by atoms with Gasteiger partial charge in [0.1, 0.15) is 5.75 Å². The number of hydrogen-bond acceptors (Lipinski definition) is 8. The van der Waals surface area contributed by atoms with Crippen LogP contribution in [-0.4, -0.2) is 35.2 Å². The number of ether oxygens (including phenoxy) is 1. The molecule has 0 aliphatic carbocycles. The molecule has 0 radical (unpaired) electrons. The predicted octanol–water partition coefficient (Wildman–Crippen LogP) is 5.23. The van der Waals surface area contributed by atoms with Crippen LogP contribution in [0.25, 0.3) is 10.8 Å². The Morgan fingerprint density at radius 2 is 1.78 bits per heavy atom. The van der Waals surface area contributed by atoms with E-state index in [1.807, 2.05) is 30.3 Å². The van der Waals surface area contributed by atoms with E-state index in [2.05, 4.69) is 57.1 Å². The third-order valence-electron chi connectivity index (χ3n) is 4.46. The lowest BCUT2D eigenvalue weighted by atomic mass is 10.1. The molecule has 1 heterocycles. The van der Waals surface area contributed by atoms with Crippen molar-refractivity contribution in [3.05, 3.63) is 77.9 Å². The Balaban J connectivity index is 1.24. The molecule has 3 aromatic carbocycles. The monoisotopic (exact) mass is 480 g/mol. The molecule has 0 aliphatic heterocycles. The number of thioether (sulfide) groups is 2. The van der Waals surface area contributed by atoms with Crippen LogP contribution in [0.3, 0.4) is 0 Å². The SMILES string of the molecule is COc1ccc(/C=N\NC(=O)CSc2nnc(SCc3cccc4ccccc34)s2)cc1. The summed E-state index contributed by atoms with van der Waals surface area (Å²) in [5.74, 6) is 1.62. The summed E-state index contributed by atoms with van der Waals surface area (Å²) in [6.07, 6.45) is 1.59. The number of aromatic nitrogens is 2. The summed E-state index contributed by atoms with van der Waals surface area (Å²) in [4.78, 5) is 12.0. The second-order valence-electron chi connectivity index (χ2n) is 6.62. The number of carbonyl (C=O) groups excluding carboxylic acids is 1. The van der Waals surface area contributed by atoms with Gasteiger partial charge in [-0.2, -0.15) is 5.10 Å². The van der Waals surface area contributed by atoms with Crippen molar-refractivity contribution in [1.82, 2.24) is 15.6 Å². The van der Waals surface area contributed by atoms with Crippen molar-refractivity contribution in [2.24, 2.45) is 5.10 Å². The summed E-state index contributed by atoms with van der Waals surface area (Å²) >= 11 is 4.51. The van der Waals surface area contributed by atoms with E-state index in [1.54, 1.807) is 25.1 Å². The summed E-state index contributed by atoms with van der Waals surface area (Å²) in [6.45, 7) is 0. The van der Waals surface area contributed by atoms with Gasteiger partial charge in [-0.3, -0.25) is 4.79 Å². The smallest absolute Gasteiger partial charge is 0.250 e. The van der Waals surface area contributed by atoms with Crippen LogP contribution < -0.4 is 10.2 Å². The van der Waals surface area contributed by atoms with Gasteiger partial charge in [-0.25, -0.2) is 5.43 Å². The van der Waals surface area contributed by atoms with Crippen LogP contribution in [0.4, 0.5) is 0 Å². The number of nitrogens with one attached hydrogen (secondary N) is 1. The second-order valence-corrected chi connectivity index (χ2v) is 10.0. The zero-order chi connectivity index (χ0) is 22.2. The maximum atomic E-state index is 12.0. The van der Waals surface area contributed by atoms with E-state index in [0.29, 0.717) is 0 Å². The first-order valence-electron chi connectivity index (χ1n) is 9.73. The van der Waals surface area contributed by atoms with Crippen LogP contribution in [0.5, 0.6) is 5.75 Å². The van der Waals surface area contributed by atoms with Crippen molar-refractivity contribution in [3.8, 4) is 5.75 Å². The Labute approximate surface area is 198 Å². The number of amides is 1. The maximum Gasteiger partial charge on any atom is 0.250 e. The lowest BCUT2D eigenvalue weighted by Gasteiger charge is -2.04. The lowest BCUT2D eigenvalue weighted by Crippen LogP contribution is -2.19. The van der Waals surface area contributed by atoms with E-state index < -0.39 is 0 Å². The van der Waals surface area contributed by atoms with Crippen molar-refractivity contribution in [3.63, 3.8) is 0 Å². The third-order valence-corrected chi connectivity index (χ3v) is 7.70. The molecule has 162 valence electrons. The third kappa shape index (κ3) is 6.09. The first-order chi connectivity index (χ1) is 15.7. The van der Waals surface area contributed by atoms with Gasteiger partial charge >= 0.3 is 0 Å². The van der Waals surface area contributed by atoms with Gasteiger partial charge in [0.25, 0.3) is 5.91 Å². The highest BCUT2D eigenvalue weighted by molar-refractivity contribution is 8.03. The van der Waals surface area contributed by atoms with Crippen molar-refractivity contribution >= 4 is 57.8 Å². The van der Waals surface area contributed by atoms with E-state index in [9.17, 15) is 4.79 Å². The molecule has 0 bridgehead atoms. The summed E-state index contributed by atoms with van der Waals surface area (Å²) < 4.78 is 6.76. The molecule has 0 atom stereocenters. The molecule has 0 unspecified atom stereocenters. The molecule has 0 saturated heterocycles. The van der Waals surface area contributed by atoms with Crippen LogP contribution in [0.15, 0.2) is 80.5 Å². The highest BCUT2D eigenvalue weighted by Crippen LogP contribution is 2.32. The summed E-state index contributed by atoms with van der Waals surface area (Å²) in [5.41, 5.74) is 4.67. The largest absolute Gasteiger partial charge is 0.497 e. The number of hydrogen-bond donors (Lipinski definition) is 1. The Kier molecular flexibility index (Phi) is 7.76. The molecule has 4 aromatic rings. The predicted molar refractivity (Wildman–Crippen MR) is 133 cm³/mol. The van der Waals surface area contributed by atoms with Crippen LogP contribution in [0.1, 0.15) is 11.1 Å². The van der Waals surface area contributed by atoms with Crippen LogP contribution in [0, 0.1) is 0 Å². The number of fused-ring (bicyclic) bond motifs is 1. The molecular formula is C23H20N4O2S3. The van der Waals surface area contributed by atoms with Crippen molar-refractivity contribution < 1.29 is 9.53 Å². The van der Waals surface area contributed by atoms with Gasteiger partial charge in [0.05, 0.1) is 19.1 Å². The van der Waals surface area contributed by atoms with E-state index in [0.717, 1.165) is 25.7 Å². The topological polar surface area (TPSA) is 76.5 Å². The highest BCUT2D eigenvalue weighted by Gasteiger charge is 2.09. The Morgan fingerprint density at radius 1 is 1.03 bits per heavy atom. The van der Waals surface area contributed by atoms with Crippen LogP contribution in [-0.2, 0) is 10.5 Å². The molecule has 0 saturated carbocycles. The average Bonchev–Trinajstić information content (AvgIpc) is 3.30. The number of nitrogens with zero attached hydrogens (tertiary/aromatic N) is 3. The number of hydrazone groups is 1. The van der Waals surface area contributed by atoms with Crippen LogP contribution in [0.2, 0.25) is 0 Å². The first-order valence-corrected chi connectivity index (χ1v) is 12.5. The van der Waals surface area contributed by atoms with E-state index in [4.69, 9.17) is 4.74 Å². The Hall–Kier alpha value is -2.88. The summed E-state index contributed by atoms with van der Waals surface area (Å²) in [6, 6.07) is 22.1. The average molecular weight is 481 g/mol. The quantitative estimate of drug-likeness (QED) is 0.201. The van der Waals surface area contributed by atoms with Gasteiger partial charge in [-0.05, 0) is 46.2 Å². The minimum absolute atomic E-state index is 0.195. The number of benzene rings is 3. The highest BCUT2D eigenvalue weighted by atomic mass is 32.2. The van der Waals surface area contributed by atoms with Gasteiger partial charge in [-0.1, -0.05) is 77.3 Å². The van der Waals surface area contributed by atoms with Gasteiger partial charge in [0.15, 0.2) is 8.68 Å². The molecule has 0 aliphatic rings. The number of rotatable bonds is 9. The number of methoxy groups -OCH3 is 1.